The molecule has 3 nitrogen and oxygen atoms in total. The molecule has 2 aromatic rings. The van der Waals surface area contributed by atoms with Gasteiger partial charge in [-0.1, -0.05) is 11.6 Å². The molecule has 0 saturated heterocycles. The second-order valence-electron chi connectivity index (χ2n) is 3.34. The SMILES string of the molecule is COc1ncc(C#N)c2cc(C)ccc12. The van der Waals surface area contributed by atoms with Gasteiger partial charge in [0.15, 0.2) is 0 Å². The molecule has 2 rings (SSSR count). The number of aryl methyl sites for hydroxylation is 1. The molecule has 1 aromatic heterocycles. The van der Waals surface area contributed by atoms with Gasteiger partial charge in [-0.2, -0.15) is 5.26 Å². The lowest BCUT2D eigenvalue weighted by molar-refractivity contribution is 0.403. The molecular formula is C12H10N2O. The number of ether oxygens (including phenoxy) is 1. The first kappa shape index (κ1) is 9.47. The maximum absolute atomic E-state index is 8.96. The van der Waals surface area contributed by atoms with Crippen molar-refractivity contribution in [2.75, 3.05) is 7.11 Å². The fourth-order valence-corrected chi connectivity index (χ4v) is 1.58. The van der Waals surface area contributed by atoms with E-state index in [1.54, 1.807) is 13.3 Å². The van der Waals surface area contributed by atoms with Crippen LogP contribution in [-0.4, -0.2) is 12.1 Å². The quantitative estimate of drug-likeness (QED) is 0.706. The largest absolute Gasteiger partial charge is 0.481 e. The summed E-state index contributed by atoms with van der Waals surface area (Å²) in [5, 5.41) is 10.7. The van der Waals surface area contributed by atoms with Gasteiger partial charge in [0.05, 0.1) is 12.7 Å². The average Bonchev–Trinajstić information content (AvgIpc) is 2.27. The highest BCUT2D eigenvalue weighted by Crippen LogP contribution is 2.26. The lowest BCUT2D eigenvalue weighted by atomic mass is 10.1. The monoisotopic (exact) mass is 198 g/mol. The van der Waals surface area contributed by atoms with E-state index in [9.17, 15) is 0 Å². The normalized spacial score (nSPS) is 9.93. The third kappa shape index (κ3) is 1.50. The molecule has 0 aliphatic carbocycles. The van der Waals surface area contributed by atoms with Crippen molar-refractivity contribution in [1.82, 2.24) is 4.98 Å². The van der Waals surface area contributed by atoms with Crippen molar-refractivity contribution in [2.24, 2.45) is 0 Å². The first-order valence-electron chi connectivity index (χ1n) is 4.59. The molecule has 0 fully saturated rings. The number of hydrogen-bond donors (Lipinski definition) is 0. The summed E-state index contributed by atoms with van der Waals surface area (Å²) in [4.78, 5) is 4.08. The Morgan fingerprint density at radius 2 is 2.13 bits per heavy atom. The molecule has 0 spiro atoms. The number of nitrogens with zero attached hydrogens (tertiary/aromatic N) is 2. The van der Waals surface area contributed by atoms with Crippen LogP contribution in [0.5, 0.6) is 5.88 Å². The van der Waals surface area contributed by atoms with Gasteiger partial charge in [0.2, 0.25) is 5.88 Å². The minimum absolute atomic E-state index is 0.559. The van der Waals surface area contributed by atoms with Crippen LogP contribution in [0, 0.1) is 18.3 Å². The molecule has 0 amide bonds. The fraction of sp³-hybridized carbons (Fsp3) is 0.167. The number of benzene rings is 1. The molecule has 0 N–H and O–H groups in total. The number of aromatic nitrogens is 1. The van der Waals surface area contributed by atoms with E-state index in [1.165, 1.54) is 0 Å². The Bertz CT molecular complexity index is 555. The first-order valence-corrected chi connectivity index (χ1v) is 4.59. The molecule has 0 aliphatic heterocycles. The molecule has 1 heterocycles. The zero-order valence-corrected chi connectivity index (χ0v) is 8.61. The highest BCUT2D eigenvalue weighted by Gasteiger charge is 2.07. The topological polar surface area (TPSA) is 45.9 Å². The summed E-state index contributed by atoms with van der Waals surface area (Å²) in [5.41, 5.74) is 1.70. The van der Waals surface area contributed by atoms with Crippen molar-refractivity contribution in [3.63, 3.8) is 0 Å². The van der Waals surface area contributed by atoms with E-state index >= 15 is 0 Å². The van der Waals surface area contributed by atoms with E-state index < -0.39 is 0 Å². The van der Waals surface area contributed by atoms with Crippen molar-refractivity contribution in [1.29, 1.82) is 5.26 Å². The Labute approximate surface area is 87.9 Å². The lowest BCUT2D eigenvalue weighted by Gasteiger charge is -2.05. The lowest BCUT2D eigenvalue weighted by Crippen LogP contribution is -1.91. The summed E-state index contributed by atoms with van der Waals surface area (Å²) < 4.78 is 5.15. The molecule has 3 heteroatoms. The van der Waals surface area contributed by atoms with Crippen LogP contribution in [0.15, 0.2) is 24.4 Å². The van der Waals surface area contributed by atoms with Gasteiger partial charge in [0.25, 0.3) is 0 Å². The summed E-state index contributed by atoms with van der Waals surface area (Å²) in [6.07, 6.45) is 1.54. The Hall–Kier alpha value is -2.08. The minimum Gasteiger partial charge on any atom is -0.481 e. The zero-order chi connectivity index (χ0) is 10.8. The average molecular weight is 198 g/mol. The van der Waals surface area contributed by atoms with E-state index in [0.29, 0.717) is 11.4 Å². The predicted molar refractivity (Wildman–Crippen MR) is 57.7 cm³/mol. The molecule has 74 valence electrons. The van der Waals surface area contributed by atoms with Crippen LogP contribution < -0.4 is 4.74 Å². The molecular weight excluding hydrogens is 188 g/mol. The van der Waals surface area contributed by atoms with Gasteiger partial charge >= 0.3 is 0 Å². The predicted octanol–water partition coefficient (Wildman–Crippen LogP) is 2.42. The van der Waals surface area contributed by atoms with Crippen LogP contribution in [0.1, 0.15) is 11.1 Å². The molecule has 0 radical (unpaired) electrons. The molecule has 0 aliphatic rings. The smallest absolute Gasteiger partial charge is 0.221 e. The minimum atomic E-state index is 0.559. The molecule has 0 atom stereocenters. The third-order valence-electron chi connectivity index (χ3n) is 2.32. The Morgan fingerprint density at radius 3 is 2.80 bits per heavy atom. The zero-order valence-electron chi connectivity index (χ0n) is 8.61. The van der Waals surface area contributed by atoms with Gasteiger partial charge in [-0.25, -0.2) is 4.98 Å². The number of pyridine rings is 1. The first-order chi connectivity index (χ1) is 7.26. The van der Waals surface area contributed by atoms with Gasteiger partial charge in [0, 0.05) is 17.0 Å². The van der Waals surface area contributed by atoms with Crippen molar-refractivity contribution < 1.29 is 4.74 Å². The summed E-state index contributed by atoms with van der Waals surface area (Å²) in [6, 6.07) is 8.01. The van der Waals surface area contributed by atoms with Gasteiger partial charge in [0.1, 0.15) is 6.07 Å². The maximum Gasteiger partial charge on any atom is 0.221 e. The van der Waals surface area contributed by atoms with Crippen molar-refractivity contribution in [3.8, 4) is 11.9 Å². The number of fused-ring (bicyclic) bond motifs is 1. The van der Waals surface area contributed by atoms with Gasteiger partial charge in [-0.15, -0.1) is 0 Å². The van der Waals surface area contributed by atoms with Gasteiger partial charge in [-0.3, -0.25) is 0 Å². The highest BCUT2D eigenvalue weighted by atomic mass is 16.5. The van der Waals surface area contributed by atoms with Crippen molar-refractivity contribution in [3.05, 3.63) is 35.5 Å². The molecule has 1 aromatic carbocycles. The number of methoxy groups -OCH3 is 1. The summed E-state index contributed by atoms with van der Waals surface area (Å²) >= 11 is 0. The second-order valence-corrected chi connectivity index (χ2v) is 3.34. The van der Waals surface area contributed by atoms with Gasteiger partial charge in [-0.05, 0) is 19.1 Å². The molecule has 0 bridgehead atoms. The Balaban J connectivity index is 2.88. The van der Waals surface area contributed by atoms with Crippen LogP contribution in [0.4, 0.5) is 0 Å². The number of hydrogen-bond acceptors (Lipinski definition) is 3. The van der Waals surface area contributed by atoms with Crippen LogP contribution in [-0.2, 0) is 0 Å². The van der Waals surface area contributed by atoms with E-state index in [0.717, 1.165) is 16.3 Å². The number of rotatable bonds is 1. The van der Waals surface area contributed by atoms with Crippen molar-refractivity contribution in [2.45, 2.75) is 6.92 Å². The second kappa shape index (κ2) is 3.58. The standard InChI is InChI=1S/C12H10N2O/c1-8-3-4-10-11(5-8)9(6-13)7-14-12(10)15-2/h3-5,7H,1-2H3. The highest BCUT2D eigenvalue weighted by molar-refractivity contribution is 5.91. The van der Waals surface area contributed by atoms with Crippen LogP contribution in [0.3, 0.4) is 0 Å². The van der Waals surface area contributed by atoms with Crippen LogP contribution in [0.2, 0.25) is 0 Å². The van der Waals surface area contributed by atoms with E-state index in [-0.39, 0.29) is 0 Å². The van der Waals surface area contributed by atoms with E-state index in [1.807, 2.05) is 25.1 Å². The van der Waals surface area contributed by atoms with Crippen LogP contribution >= 0.6 is 0 Å². The van der Waals surface area contributed by atoms with E-state index in [4.69, 9.17) is 10.00 Å². The van der Waals surface area contributed by atoms with Crippen molar-refractivity contribution >= 4 is 10.8 Å². The maximum atomic E-state index is 8.96. The summed E-state index contributed by atoms with van der Waals surface area (Å²) in [5.74, 6) is 0.559. The van der Waals surface area contributed by atoms with Gasteiger partial charge < -0.3 is 4.74 Å². The van der Waals surface area contributed by atoms with E-state index in [2.05, 4.69) is 11.1 Å². The van der Waals surface area contributed by atoms with Crippen LogP contribution in [0.25, 0.3) is 10.8 Å². The summed E-state index contributed by atoms with van der Waals surface area (Å²) in [7, 11) is 1.58. The molecule has 0 saturated carbocycles. The molecule has 15 heavy (non-hydrogen) atoms. The number of nitriles is 1. The Morgan fingerprint density at radius 1 is 1.33 bits per heavy atom. The molecule has 0 unspecified atom stereocenters. The summed E-state index contributed by atoms with van der Waals surface area (Å²) in [6.45, 7) is 1.99. The fourth-order valence-electron chi connectivity index (χ4n) is 1.58. The Kier molecular flexibility index (Phi) is 2.26. The third-order valence-corrected chi connectivity index (χ3v) is 2.32.